The fourth-order valence-electron chi connectivity index (χ4n) is 1.35. The Labute approximate surface area is 111 Å². The monoisotopic (exact) mass is 270 g/mol. The average molecular weight is 270 g/mol. The molecule has 0 aliphatic rings. The van der Waals surface area contributed by atoms with Gasteiger partial charge in [0, 0.05) is 6.54 Å². The minimum absolute atomic E-state index is 0.0296. The van der Waals surface area contributed by atoms with Gasteiger partial charge in [-0.25, -0.2) is 4.39 Å². The maximum absolute atomic E-state index is 13.3. The number of nitrogens with two attached hydrogens (primary N) is 1. The standard InChI is InChI=1S/C13H19FN2OS/c1-10-3-4-11(7-12(10)14)8-16-13(17)9-18-6-2-5-15/h3-4,7H,2,5-6,8-9,15H2,1H3,(H,16,17). The third-order valence-electron chi connectivity index (χ3n) is 2.45. The Morgan fingerprint density at radius 2 is 2.28 bits per heavy atom. The zero-order valence-corrected chi connectivity index (χ0v) is 11.4. The molecule has 0 aliphatic carbocycles. The number of nitrogens with one attached hydrogen (secondary N) is 1. The van der Waals surface area contributed by atoms with Crippen molar-refractivity contribution in [1.29, 1.82) is 0 Å². The van der Waals surface area contributed by atoms with Gasteiger partial charge in [0.2, 0.25) is 5.91 Å². The molecule has 0 aliphatic heterocycles. The molecule has 18 heavy (non-hydrogen) atoms. The van der Waals surface area contributed by atoms with Gasteiger partial charge in [0.1, 0.15) is 5.82 Å². The molecule has 3 N–H and O–H groups in total. The smallest absolute Gasteiger partial charge is 0.230 e. The lowest BCUT2D eigenvalue weighted by Gasteiger charge is -2.06. The lowest BCUT2D eigenvalue weighted by atomic mass is 10.1. The highest BCUT2D eigenvalue weighted by Crippen LogP contribution is 2.09. The molecule has 0 aromatic heterocycles. The van der Waals surface area contributed by atoms with Crippen molar-refractivity contribution in [3.8, 4) is 0 Å². The summed E-state index contributed by atoms with van der Waals surface area (Å²) in [6.07, 6.45) is 0.918. The van der Waals surface area contributed by atoms with E-state index in [4.69, 9.17) is 5.73 Å². The third kappa shape index (κ3) is 5.51. The topological polar surface area (TPSA) is 55.1 Å². The second-order valence-corrected chi connectivity index (χ2v) is 5.16. The van der Waals surface area contributed by atoms with Crippen LogP contribution in [0.2, 0.25) is 0 Å². The molecule has 0 heterocycles. The van der Waals surface area contributed by atoms with Crippen LogP contribution in [0.4, 0.5) is 4.39 Å². The Morgan fingerprint density at radius 1 is 1.50 bits per heavy atom. The average Bonchev–Trinajstić information content (AvgIpc) is 2.36. The van der Waals surface area contributed by atoms with Crippen LogP contribution in [0.5, 0.6) is 0 Å². The van der Waals surface area contributed by atoms with Crippen molar-refractivity contribution in [3.63, 3.8) is 0 Å². The van der Waals surface area contributed by atoms with Crippen molar-refractivity contribution in [1.82, 2.24) is 5.32 Å². The first-order valence-electron chi connectivity index (χ1n) is 5.93. The highest BCUT2D eigenvalue weighted by atomic mass is 32.2. The summed E-state index contributed by atoms with van der Waals surface area (Å²) in [5.41, 5.74) is 6.75. The first-order valence-corrected chi connectivity index (χ1v) is 7.08. The van der Waals surface area contributed by atoms with Crippen LogP contribution in [0.15, 0.2) is 18.2 Å². The van der Waals surface area contributed by atoms with Gasteiger partial charge < -0.3 is 11.1 Å². The Hall–Kier alpha value is -1.07. The normalized spacial score (nSPS) is 10.4. The molecule has 1 rings (SSSR count). The van der Waals surface area contributed by atoms with Crippen LogP contribution in [0.1, 0.15) is 17.5 Å². The zero-order chi connectivity index (χ0) is 13.4. The molecular formula is C13H19FN2OS. The summed E-state index contributed by atoms with van der Waals surface area (Å²) in [4.78, 5) is 11.5. The molecule has 0 radical (unpaired) electrons. The number of hydrogen-bond donors (Lipinski definition) is 2. The summed E-state index contributed by atoms with van der Waals surface area (Å²) in [7, 11) is 0. The number of carbonyl (C=O) groups is 1. The van der Waals surface area contributed by atoms with E-state index in [-0.39, 0.29) is 11.7 Å². The molecule has 1 aromatic carbocycles. The molecule has 1 aromatic rings. The lowest BCUT2D eigenvalue weighted by Crippen LogP contribution is -2.24. The molecule has 100 valence electrons. The van der Waals surface area contributed by atoms with E-state index < -0.39 is 0 Å². The second kappa shape index (κ2) is 8.11. The summed E-state index contributed by atoms with van der Waals surface area (Å²) >= 11 is 1.56. The number of thioether (sulfide) groups is 1. The van der Waals surface area contributed by atoms with Gasteiger partial charge >= 0.3 is 0 Å². The van der Waals surface area contributed by atoms with E-state index in [1.807, 2.05) is 6.07 Å². The van der Waals surface area contributed by atoms with Crippen LogP contribution in [0.3, 0.4) is 0 Å². The molecule has 1 amide bonds. The van der Waals surface area contributed by atoms with Crippen LogP contribution < -0.4 is 11.1 Å². The first-order chi connectivity index (χ1) is 8.63. The highest BCUT2D eigenvalue weighted by Gasteiger charge is 2.03. The number of aryl methyl sites for hydroxylation is 1. The van der Waals surface area contributed by atoms with Crippen LogP contribution in [0.25, 0.3) is 0 Å². The van der Waals surface area contributed by atoms with Crippen molar-refractivity contribution in [3.05, 3.63) is 35.1 Å². The van der Waals surface area contributed by atoms with Gasteiger partial charge in [0.25, 0.3) is 0 Å². The maximum atomic E-state index is 13.3. The van der Waals surface area contributed by atoms with Gasteiger partial charge in [0.15, 0.2) is 0 Å². The van der Waals surface area contributed by atoms with Gasteiger partial charge in [-0.15, -0.1) is 0 Å². The van der Waals surface area contributed by atoms with Crippen molar-refractivity contribution < 1.29 is 9.18 Å². The minimum Gasteiger partial charge on any atom is -0.351 e. The highest BCUT2D eigenvalue weighted by molar-refractivity contribution is 7.99. The summed E-state index contributed by atoms with van der Waals surface area (Å²) in [5.74, 6) is 1.05. The SMILES string of the molecule is Cc1ccc(CNC(=O)CSCCCN)cc1F. The van der Waals surface area contributed by atoms with E-state index in [9.17, 15) is 9.18 Å². The summed E-state index contributed by atoms with van der Waals surface area (Å²) in [6, 6.07) is 4.99. The quantitative estimate of drug-likeness (QED) is 0.743. The van der Waals surface area contributed by atoms with Crippen LogP contribution in [-0.4, -0.2) is 24.0 Å². The van der Waals surface area contributed by atoms with Crippen LogP contribution in [-0.2, 0) is 11.3 Å². The van der Waals surface area contributed by atoms with Gasteiger partial charge in [-0.05, 0) is 42.8 Å². The number of rotatable bonds is 7. The van der Waals surface area contributed by atoms with Gasteiger partial charge in [0.05, 0.1) is 5.75 Å². The van der Waals surface area contributed by atoms with Gasteiger partial charge in [-0.1, -0.05) is 12.1 Å². The minimum atomic E-state index is -0.237. The van der Waals surface area contributed by atoms with E-state index in [1.165, 1.54) is 6.07 Å². The Morgan fingerprint density at radius 3 is 2.94 bits per heavy atom. The molecule has 0 saturated heterocycles. The molecular weight excluding hydrogens is 251 g/mol. The number of halogens is 1. The Kier molecular flexibility index (Phi) is 6.75. The Balaban J connectivity index is 2.27. The van der Waals surface area contributed by atoms with Crippen LogP contribution in [0, 0.1) is 12.7 Å². The lowest BCUT2D eigenvalue weighted by molar-refractivity contribution is -0.118. The van der Waals surface area contributed by atoms with E-state index in [0.29, 0.717) is 24.4 Å². The molecule has 0 bridgehead atoms. The van der Waals surface area contributed by atoms with Crippen molar-refractivity contribution in [2.24, 2.45) is 5.73 Å². The first kappa shape index (κ1) is 15.0. The summed E-state index contributed by atoms with van der Waals surface area (Å²) in [5, 5.41) is 2.76. The summed E-state index contributed by atoms with van der Waals surface area (Å²) < 4.78 is 13.3. The Bertz CT molecular complexity index is 399. The van der Waals surface area contributed by atoms with E-state index >= 15 is 0 Å². The number of carbonyl (C=O) groups excluding carboxylic acids is 1. The largest absolute Gasteiger partial charge is 0.351 e. The van der Waals surface area contributed by atoms with Crippen molar-refractivity contribution >= 4 is 17.7 Å². The van der Waals surface area contributed by atoms with Gasteiger partial charge in [-0.2, -0.15) is 11.8 Å². The fourth-order valence-corrected chi connectivity index (χ4v) is 2.15. The van der Waals surface area contributed by atoms with E-state index in [2.05, 4.69) is 5.32 Å². The molecule has 3 nitrogen and oxygen atoms in total. The van der Waals surface area contributed by atoms with Gasteiger partial charge in [-0.3, -0.25) is 4.79 Å². The molecule has 0 unspecified atom stereocenters. The molecule has 0 atom stereocenters. The van der Waals surface area contributed by atoms with E-state index in [1.54, 1.807) is 24.8 Å². The second-order valence-electron chi connectivity index (χ2n) is 4.06. The van der Waals surface area contributed by atoms with Crippen LogP contribution >= 0.6 is 11.8 Å². The maximum Gasteiger partial charge on any atom is 0.230 e. The summed E-state index contributed by atoms with van der Waals surface area (Å²) in [6.45, 7) is 2.73. The number of amides is 1. The number of hydrogen-bond acceptors (Lipinski definition) is 3. The predicted molar refractivity (Wildman–Crippen MR) is 74.0 cm³/mol. The molecule has 0 fully saturated rings. The molecule has 5 heteroatoms. The predicted octanol–water partition coefficient (Wildman–Crippen LogP) is 1.83. The number of benzene rings is 1. The van der Waals surface area contributed by atoms with Crippen molar-refractivity contribution in [2.75, 3.05) is 18.1 Å². The molecule has 0 spiro atoms. The molecule has 0 saturated carbocycles. The van der Waals surface area contributed by atoms with E-state index in [0.717, 1.165) is 17.7 Å². The fraction of sp³-hybridized carbons (Fsp3) is 0.462. The van der Waals surface area contributed by atoms with Crippen molar-refractivity contribution in [2.45, 2.75) is 19.9 Å². The third-order valence-corrected chi connectivity index (χ3v) is 3.50. The zero-order valence-electron chi connectivity index (χ0n) is 10.5.